The Morgan fingerprint density at radius 3 is 1.88 bits per heavy atom. The maximum Gasteiger partial charge on any atom is 0.180 e. The second-order valence-electron chi connectivity index (χ2n) is 14.8. The van der Waals surface area contributed by atoms with Gasteiger partial charge in [-0.25, -0.2) is 9.97 Å². The number of hydrogen-bond acceptors (Lipinski definition) is 4. The van der Waals surface area contributed by atoms with Gasteiger partial charge in [0, 0.05) is 56.0 Å². The second-order valence-corrected chi connectivity index (χ2v) is 14.8. The molecule has 12 rings (SSSR count). The minimum absolute atomic E-state index is 0.000937. The van der Waals surface area contributed by atoms with Crippen LogP contribution >= 0.6 is 0 Å². The van der Waals surface area contributed by atoms with Crippen molar-refractivity contribution in [3.8, 4) is 56.3 Å². The summed E-state index contributed by atoms with van der Waals surface area (Å²) in [6.07, 6.45) is 8.64. The van der Waals surface area contributed by atoms with Crippen molar-refractivity contribution >= 4 is 43.9 Å². The zero-order chi connectivity index (χ0) is 37.5. The maximum atomic E-state index is 6.67. The van der Waals surface area contributed by atoms with Crippen molar-refractivity contribution in [3.63, 3.8) is 0 Å². The van der Waals surface area contributed by atoms with Gasteiger partial charge >= 0.3 is 0 Å². The summed E-state index contributed by atoms with van der Waals surface area (Å²) in [7, 11) is 0. The fourth-order valence-electron chi connectivity index (χ4n) is 8.93. The van der Waals surface area contributed by atoms with Crippen LogP contribution < -0.4 is 4.74 Å². The minimum Gasteiger partial charge on any atom is -0.485 e. The predicted molar refractivity (Wildman–Crippen MR) is 231 cm³/mol. The van der Waals surface area contributed by atoms with E-state index in [1.165, 1.54) is 16.3 Å². The Kier molecular flexibility index (Phi) is 6.99. The third-order valence-corrected chi connectivity index (χ3v) is 11.5. The average Bonchev–Trinajstić information content (AvgIpc) is 3.95. The van der Waals surface area contributed by atoms with E-state index < -0.39 is 0 Å². The molecule has 2 atom stereocenters. The SMILES string of the molecule is C1=CC2Oc3cc4c(cc3C2C=C1)c1ccccc1n4-c1c(-c2ccccc2)cc(-c2nc(-c3ccccc3)nc3c2oc2ccccc23)cc1-c1ccccc1. The fourth-order valence-corrected chi connectivity index (χ4v) is 8.93. The summed E-state index contributed by atoms with van der Waals surface area (Å²) in [6, 6.07) is 57.6. The molecule has 268 valence electrons. The highest BCUT2D eigenvalue weighted by Gasteiger charge is 2.34. The number of hydrogen-bond donors (Lipinski definition) is 0. The minimum atomic E-state index is -0.000937. The molecule has 0 amide bonds. The Morgan fingerprint density at radius 1 is 0.509 bits per heavy atom. The van der Waals surface area contributed by atoms with Gasteiger partial charge in [0.1, 0.15) is 28.6 Å². The highest BCUT2D eigenvalue weighted by atomic mass is 16.5. The highest BCUT2D eigenvalue weighted by molar-refractivity contribution is 6.12. The van der Waals surface area contributed by atoms with Crippen LogP contribution in [0.4, 0.5) is 0 Å². The van der Waals surface area contributed by atoms with Crippen molar-refractivity contribution in [2.24, 2.45) is 0 Å². The van der Waals surface area contributed by atoms with Gasteiger partial charge in [0.2, 0.25) is 0 Å². The van der Waals surface area contributed by atoms with Crippen molar-refractivity contribution in [3.05, 3.63) is 194 Å². The standard InChI is InChI=1S/C52H33N3O2/c1-4-16-32(17-5-1)39-28-35(48-51-49(38-24-12-15-27-46(38)57-51)54-52(53-48)34-20-8-3-9-21-34)29-40(33-18-6-2-7-19-33)50(39)55-43-25-13-10-22-36(43)41-30-42-37-23-11-14-26-45(37)56-47(42)31-44(41)55/h1-31,37,45H. The number of ether oxygens (including phenoxy) is 1. The van der Waals surface area contributed by atoms with E-state index in [0.717, 1.165) is 78.0 Å². The van der Waals surface area contributed by atoms with Gasteiger partial charge in [0.15, 0.2) is 11.4 Å². The summed E-state index contributed by atoms with van der Waals surface area (Å²) in [5.41, 5.74) is 13.7. The molecule has 5 heteroatoms. The number of allylic oxidation sites excluding steroid dienone is 2. The van der Waals surface area contributed by atoms with Gasteiger partial charge in [0.25, 0.3) is 0 Å². The topological polar surface area (TPSA) is 53.1 Å². The van der Waals surface area contributed by atoms with Crippen LogP contribution in [0, 0.1) is 0 Å². The highest BCUT2D eigenvalue weighted by Crippen LogP contribution is 2.49. The third kappa shape index (κ3) is 4.95. The second kappa shape index (κ2) is 12.5. The lowest BCUT2D eigenvalue weighted by molar-refractivity contribution is 0.269. The molecule has 1 aliphatic heterocycles. The van der Waals surface area contributed by atoms with Crippen LogP contribution in [0.2, 0.25) is 0 Å². The molecule has 0 spiro atoms. The van der Waals surface area contributed by atoms with Gasteiger partial charge in [-0.3, -0.25) is 0 Å². The van der Waals surface area contributed by atoms with E-state index in [1.54, 1.807) is 0 Å². The van der Waals surface area contributed by atoms with Crippen molar-refractivity contribution in [1.82, 2.24) is 14.5 Å². The quantitative estimate of drug-likeness (QED) is 0.177. The monoisotopic (exact) mass is 731 g/mol. The molecule has 57 heavy (non-hydrogen) atoms. The molecule has 0 saturated carbocycles. The first-order valence-electron chi connectivity index (χ1n) is 19.4. The molecule has 5 nitrogen and oxygen atoms in total. The Hall–Kier alpha value is -7.50. The number of nitrogens with zero attached hydrogens (tertiary/aromatic N) is 3. The molecular weight excluding hydrogens is 699 g/mol. The van der Waals surface area contributed by atoms with Gasteiger partial charge in [-0.1, -0.05) is 140 Å². The summed E-state index contributed by atoms with van der Waals surface area (Å²) in [6.45, 7) is 0. The predicted octanol–water partition coefficient (Wildman–Crippen LogP) is 13.1. The molecule has 0 fully saturated rings. The molecule has 10 aromatic rings. The Bertz CT molecular complexity index is 3210. The molecule has 0 bridgehead atoms. The van der Waals surface area contributed by atoms with Crippen LogP contribution in [0.5, 0.6) is 5.75 Å². The molecule has 0 radical (unpaired) electrons. The smallest absolute Gasteiger partial charge is 0.180 e. The normalized spacial score (nSPS) is 15.7. The Balaban J connectivity index is 1.21. The first kappa shape index (κ1) is 31.8. The summed E-state index contributed by atoms with van der Waals surface area (Å²) in [4.78, 5) is 10.5. The average molecular weight is 732 g/mol. The van der Waals surface area contributed by atoms with Crippen molar-refractivity contribution in [2.45, 2.75) is 12.0 Å². The van der Waals surface area contributed by atoms with Crippen LogP contribution in [0.15, 0.2) is 193 Å². The fraction of sp³-hybridized carbons (Fsp3) is 0.0385. The van der Waals surface area contributed by atoms with E-state index in [1.807, 2.05) is 36.4 Å². The Morgan fingerprint density at radius 2 is 1.14 bits per heavy atom. The van der Waals surface area contributed by atoms with Gasteiger partial charge in [-0.05, 0) is 53.6 Å². The van der Waals surface area contributed by atoms with Crippen LogP contribution in [0.3, 0.4) is 0 Å². The number of fused-ring (bicyclic) bond motifs is 9. The summed E-state index contributed by atoms with van der Waals surface area (Å²) in [5, 5.41) is 3.36. The first-order chi connectivity index (χ1) is 28.3. The van der Waals surface area contributed by atoms with Crippen molar-refractivity contribution in [2.75, 3.05) is 0 Å². The molecule has 2 unspecified atom stereocenters. The zero-order valence-corrected chi connectivity index (χ0v) is 30.7. The van der Waals surface area contributed by atoms with Crippen LogP contribution in [0.1, 0.15) is 11.5 Å². The van der Waals surface area contributed by atoms with E-state index in [9.17, 15) is 0 Å². The van der Waals surface area contributed by atoms with Gasteiger partial charge in [-0.15, -0.1) is 0 Å². The number of furan rings is 1. The molecule has 7 aromatic carbocycles. The maximum absolute atomic E-state index is 6.67. The summed E-state index contributed by atoms with van der Waals surface area (Å²) < 4.78 is 15.8. The number of para-hydroxylation sites is 2. The Labute approximate surface area is 328 Å². The largest absolute Gasteiger partial charge is 0.485 e. The van der Waals surface area contributed by atoms with E-state index in [2.05, 4.69) is 156 Å². The van der Waals surface area contributed by atoms with Gasteiger partial charge < -0.3 is 13.7 Å². The zero-order valence-electron chi connectivity index (χ0n) is 30.7. The molecule has 1 aliphatic carbocycles. The molecule has 3 aromatic heterocycles. The first-order valence-corrected chi connectivity index (χ1v) is 19.4. The number of benzene rings is 7. The third-order valence-electron chi connectivity index (χ3n) is 11.5. The van der Waals surface area contributed by atoms with E-state index >= 15 is 0 Å². The van der Waals surface area contributed by atoms with Gasteiger partial charge in [-0.2, -0.15) is 0 Å². The summed E-state index contributed by atoms with van der Waals surface area (Å²) in [5.74, 6) is 1.77. The molecule has 4 heterocycles. The lowest BCUT2D eigenvalue weighted by atomic mass is 9.91. The van der Waals surface area contributed by atoms with Crippen LogP contribution in [-0.2, 0) is 0 Å². The van der Waals surface area contributed by atoms with E-state index in [0.29, 0.717) is 11.4 Å². The van der Waals surface area contributed by atoms with Crippen molar-refractivity contribution < 1.29 is 9.15 Å². The van der Waals surface area contributed by atoms with Crippen LogP contribution in [0.25, 0.3) is 94.5 Å². The number of aromatic nitrogens is 3. The van der Waals surface area contributed by atoms with E-state index in [-0.39, 0.29) is 12.0 Å². The van der Waals surface area contributed by atoms with Gasteiger partial charge in [0.05, 0.1) is 16.7 Å². The number of rotatable bonds is 5. The molecule has 0 N–H and O–H groups in total. The summed E-state index contributed by atoms with van der Waals surface area (Å²) >= 11 is 0. The lowest BCUT2D eigenvalue weighted by Crippen LogP contribution is -2.15. The van der Waals surface area contributed by atoms with Crippen molar-refractivity contribution in [1.29, 1.82) is 0 Å². The molecule has 2 aliphatic rings. The van der Waals surface area contributed by atoms with E-state index in [4.69, 9.17) is 19.1 Å². The molecule has 0 saturated heterocycles. The van der Waals surface area contributed by atoms with Crippen LogP contribution in [-0.4, -0.2) is 20.6 Å². The molecular formula is C52H33N3O2. The lowest BCUT2D eigenvalue weighted by Gasteiger charge is -2.21.